The number of carbonyl (C=O) groups is 2. The van der Waals surface area contributed by atoms with Crippen LogP contribution in [0, 0.1) is 12.8 Å². The minimum atomic E-state index is -0.590. The Morgan fingerprint density at radius 1 is 1.00 bits per heavy atom. The van der Waals surface area contributed by atoms with E-state index in [-0.39, 0.29) is 18.4 Å². The van der Waals surface area contributed by atoms with Crippen LogP contribution in [0.4, 0.5) is 0 Å². The van der Waals surface area contributed by atoms with Crippen LogP contribution in [-0.2, 0) is 16.1 Å². The SMILES string of the molecule is Cc1ccc(OCC(=O)N(Cc2ccccc2)C(C)C(=O)NCC(C)C)cc1. The molecular weight excluding hydrogens is 352 g/mol. The van der Waals surface area contributed by atoms with Crippen molar-refractivity contribution in [2.75, 3.05) is 13.2 Å². The van der Waals surface area contributed by atoms with Gasteiger partial charge in [0.2, 0.25) is 5.91 Å². The van der Waals surface area contributed by atoms with Gasteiger partial charge in [-0.3, -0.25) is 9.59 Å². The van der Waals surface area contributed by atoms with Gasteiger partial charge in [0.25, 0.3) is 5.91 Å². The van der Waals surface area contributed by atoms with Crippen molar-refractivity contribution in [1.29, 1.82) is 0 Å². The van der Waals surface area contributed by atoms with Crippen LogP contribution in [0.2, 0.25) is 0 Å². The molecule has 0 radical (unpaired) electrons. The highest BCUT2D eigenvalue weighted by Gasteiger charge is 2.26. The number of ether oxygens (including phenoxy) is 1. The van der Waals surface area contributed by atoms with Crippen molar-refractivity contribution < 1.29 is 14.3 Å². The number of hydrogen-bond donors (Lipinski definition) is 1. The zero-order valence-corrected chi connectivity index (χ0v) is 17.1. The number of amides is 2. The molecule has 0 aromatic heterocycles. The molecule has 0 saturated carbocycles. The van der Waals surface area contributed by atoms with Crippen LogP contribution in [-0.4, -0.2) is 35.9 Å². The summed E-state index contributed by atoms with van der Waals surface area (Å²) in [4.78, 5) is 27.0. The maximum absolute atomic E-state index is 12.9. The molecule has 0 fully saturated rings. The summed E-state index contributed by atoms with van der Waals surface area (Å²) in [7, 11) is 0. The van der Waals surface area contributed by atoms with E-state index in [2.05, 4.69) is 5.32 Å². The van der Waals surface area contributed by atoms with Crippen LogP contribution in [0.3, 0.4) is 0 Å². The number of rotatable bonds is 9. The van der Waals surface area contributed by atoms with Crippen LogP contribution < -0.4 is 10.1 Å². The number of carbonyl (C=O) groups excluding carboxylic acids is 2. The largest absolute Gasteiger partial charge is 0.484 e. The van der Waals surface area contributed by atoms with E-state index >= 15 is 0 Å². The number of nitrogens with one attached hydrogen (secondary N) is 1. The third-order valence-electron chi connectivity index (χ3n) is 4.43. The molecule has 0 aliphatic heterocycles. The number of aryl methyl sites for hydroxylation is 1. The molecule has 0 saturated heterocycles. The summed E-state index contributed by atoms with van der Waals surface area (Å²) >= 11 is 0. The average molecular weight is 383 g/mol. The molecule has 2 aromatic carbocycles. The fourth-order valence-corrected chi connectivity index (χ4v) is 2.68. The zero-order valence-electron chi connectivity index (χ0n) is 17.1. The third kappa shape index (κ3) is 6.72. The molecule has 0 heterocycles. The van der Waals surface area contributed by atoms with Crippen LogP contribution >= 0.6 is 0 Å². The van der Waals surface area contributed by atoms with Gasteiger partial charge < -0.3 is 15.0 Å². The van der Waals surface area contributed by atoms with E-state index in [1.807, 2.05) is 75.4 Å². The Balaban J connectivity index is 2.08. The van der Waals surface area contributed by atoms with Crippen molar-refractivity contribution in [3.63, 3.8) is 0 Å². The molecule has 0 aliphatic rings. The lowest BCUT2D eigenvalue weighted by Gasteiger charge is -2.29. The Labute approximate surface area is 167 Å². The van der Waals surface area contributed by atoms with Gasteiger partial charge >= 0.3 is 0 Å². The molecule has 5 heteroatoms. The zero-order chi connectivity index (χ0) is 20.5. The van der Waals surface area contributed by atoms with Gasteiger partial charge in [-0.2, -0.15) is 0 Å². The first-order valence-corrected chi connectivity index (χ1v) is 9.67. The highest BCUT2D eigenvalue weighted by Crippen LogP contribution is 2.14. The van der Waals surface area contributed by atoms with Crippen LogP contribution in [0.15, 0.2) is 54.6 Å². The maximum Gasteiger partial charge on any atom is 0.261 e. The van der Waals surface area contributed by atoms with Crippen LogP contribution in [0.25, 0.3) is 0 Å². The quantitative estimate of drug-likeness (QED) is 0.721. The van der Waals surface area contributed by atoms with Crippen molar-refractivity contribution in [2.45, 2.75) is 40.3 Å². The second kappa shape index (κ2) is 10.5. The molecule has 1 N–H and O–H groups in total. The van der Waals surface area contributed by atoms with Crippen LogP contribution in [0.5, 0.6) is 5.75 Å². The molecule has 2 aromatic rings. The fourth-order valence-electron chi connectivity index (χ4n) is 2.68. The van der Waals surface area contributed by atoms with Crippen molar-refractivity contribution >= 4 is 11.8 Å². The predicted molar refractivity (Wildman–Crippen MR) is 111 cm³/mol. The Kier molecular flexibility index (Phi) is 8.05. The molecule has 5 nitrogen and oxygen atoms in total. The first-order valence-electron chi connectivity index (χ1n) is 9.67. The second-order valence-electron chi connectivity index (χ2n) is 7.42. The molecule has 1 unspecified atom stereocenters. The van der Waals surface area contributed by atoms with E-state index in [1.54, 1.807) is 11.8 Å². The number of nitrogens with zero attached hydrogens (tertiary/aromatic N) is 1. The summed E-state index contributed by atoms with van der Waals surface area (Å²) in [5.74, 6) is 0.597. The monoisotopic (exact) mass is 382 g/mol. The summed E-state index contributed by atoms with van der Waals surface area (Å²) < 4.78 is 5.65. The molecule has 0 aliphatic carbocycles. The Morgan fingerprint density at radius 2 is 1.64 bits per heavy atom. The van der Waals surface area contributed by atoms with Crippen LogP contribution in [0.1, 0.15) is 31.9 Å². The molecule has 28 heavy (non-hydrogen) atoms. The lowest BCUT2D eigenvalue weighted by atomic mass is 10.1. The first-order chi connectivity index (χ1) is 13.4. The third-order valence-corrected chi connectivity index (χ3v) is 4.43. The molecule has 150 valence electrons. The Bertz CT molecular complexity index is 757. The van der Waals surface area contributed by atoms with Gasteiger partial charge in [-0.1, -0.05) is 61.9 Å². The topological polar surface area (TPSA) is 58.6 Å². The lowest BCUT2D eigenvalue weighted by molar-refractivity contribution is -0.142. The summed E-state index contributed by atoms with van der Waals surface area (Å²) in [6.45, 7) is 8.64. The first kappa shape index (κ1) is 21.5. The van der Waals surface area contributed by atoms with Crippen molar-refractivity contribution in [3.05, 3.63) is 65.7 Å². The van der Waals surface area contributed by atoms with Gasteiger partial charge in [0.15, 0.2) is 6.61 Å². The molecule has 1 atom stereocenters. The van der Waals surface area contributed by atoms with E-state index < -0.39 is 6.04 Å². The minimum Gasteiger partial charge on any atom is -0.484 e. The van der Waals surface area contributed by atoms with Gasteiger partial charge in [0.1, 0.15) is 11.8 Å². The van der Waals surface area contributed by atoms with Gasteiger partial charge in [0.05, 0.1) is 0 Å². The Hall–Kier alpha value is -2.82. The molecule has 0 bridgehead atoms. The molecule has 0 spiro atoms. The number of benzene rings is 2. The average Bonchev–Trinajstić information content (AvgIpc) is 2.69. The summed E-state index contributed by atoms with van der Waals surface area (Å²) in [6, 6.07) is 16.6. The van der Waals surface area contributed by atoms with Gasteiger partial charge in [0, 0.05) is 13.1 Å². The van der Waals surface area contributed by atoms with Crippen molar-refractivity contribution in [3.8, 4) is 5.75 Å². The smallest absolute Gasteiger partial charge is 0.261 e. The number of hydrogen-bond acceptors (Lipinski definition) is 3. The van der Waals surface area contributed by atoms with E-state index in [9.17, 15) is 9.59 Å². The van der Waals surface area contributed by atoms with Gasteiger partial charge in [-0.25, -0.2) is 0 Å². The van der Waals surface area contributed by atoms with Gasteiger partial charge in [-0.15, -0.1) is 0 Å². The van der Waals surface area contributed by atoms with Crippen molar-refractivity contribution in [1.82, 2.24) is 10.2 Å². The lowest BCUT2D eigenvalue weighted by Crippen LogP contribution is -2.49. The summed E-state index contributed by atoms with van der Waals surface area (Å²) in [5.41, 5.74) is 2.09. The standard InChI is InChI=1S/C23H30N2O3/c1-17(2)14-24-23(27)19(4)25(15-20-8-6-5-7-9-20)22(26)16-28-21-12-10-18(3)11-13-21/h5-13,17,19H,14-16H2,1-4H3,(H,24,27). The minimum absolute atomic E-state index is 0.113. The fraction of sp³-hybridized carbons (Fsp3) is 0.391. The molecule has 2 amide bonds. The highest BCUT2D eigenvalue weighted by atomic mass is 16.5. The van der Waals surface area contributed by atoms with E-state index in [0.717, 1.165) is 11.1 Å². The Morgan fingerprint density at radius 3 is 2.25 bits per heavy atom. The maximum atomic E-state index is 12.9. The molecular formula is C23H30N2O3. The second-order valence-corrected chi connectivity index (χ2v) is 7.42. The highest BCUT2D eigenvalue weighted by molar-refractivity contribution is 5.87. The van der Waals surface area contributed by atoms with Crippen molar-refractivity contribution in [2.24, 2.45) is 5.92 Å². The van der Waals surface area contributed by atoms with Gasteiger partial charge in [-0.05, 0) is 37.5 Å². The van der Waals surface area contributed by atoms with E-state index in [0.29, 0.717) is 24.8 Å². The summed E-state index contributed by atoms with van der Waals surface area (Å²) in [6.07, 6.45) is 0. The normalized spacial score (nSPS) is 11.8. The predicted octanol–water partition coefficient (Wildman–Crippen LogP) is 3.56. The summed E-state index contributed by atoms with van der Waals surface area (Å²) in [5, 5.41) is 2.91. The van der Waals surface area contributed by atoms with E-state index in [1.165, 1.54) is 0 Å². The van der Waals surface area contributed by atoms with E-state index in [4.69, 9.17) is 4.74 Å². The molecule has 2 rings (SSSR count).